The lowest BCUT2D eigenvalue weighted by atomic mass is 9.99. The Hall–Kier alpha value is -1.35. The van der Waals surface area contributed by atoms with Crippen molar-refractivity contribution in [3.05, 3.63) is 29.3 Å². The van der Waals surface area contributed by atoms with Crippen LogP contribution in [0.15, 0.2) is 18.2 Å². The second-order valence-corrected chi connectivity index (χ2v) is 4.52. The number of fused-ring (bicyclic) bond motifs is 1. The second kappa shape index (κ2) is 5.32. The van der Waals surface area contributed by atoms with Gasteiger partial charge in [-0.1, -0.05) is 17.7 Å². The van der Waals surface area contributed by atoms with Crippen LogP contribution in [0.3, 0.4) is 0 Å². The van der Waals surface area contributed by atoms with Crippen molar-refractivity contribution in [3.63, 3.8) is 0 Å². The maximum atomic E-state index is 12.1. The first-order chi connectivity index (χ1) is 8.22. The highest BCUT2D eigenvalue weighted by Crippen LogP contribution is 2.28. The fourth-order valence-electron chi connectivity index (χ4n) is 2.31. The van der Waals surface area contributed by atoms with E-state index in [9.17, 15) is 4.79 Å². The summed E-state index contributed by atoms with van der Waals surface area (Å²) in [6.07, 6.45) is 2.59. The lowest BCUT2D eigenvalue weighted by molar-refractivity contribution is -0.119. The van der Waals surface area contributed by atoms with Crippen molar-refractivity contribution in [2.75, 3.05) is 25.2 Å². The average molecular weight is 233 g/mol. The molecular formula is C14H19NO2. The van der Waals surface area contributed by atoms with Crippen molar-refractivity contribution in [2.45, 2.75) is 26.2 Å². The van der Waals surface area contributed by atoms with Crippen LogP contribution in [0.2, 0.25) is 0 Å². The Labute approximate surface area is 102 Å². The molecule has 0 saturated heterocycles. The molecule has 1 heterocycles. The van der Waals surface area contributed by atoms with Gasteiger partial charge in [0.05, 0.1) is 13.0 Å². The smallest absolute Gasteiger partial charge is 0.229 e. The quantitative estimate of drug-likeness (QED) is 0.801. The summed E-state index contributed by atoms with van der Waals surface area (Å²) in [5.41, 5.74) is 3.64. The molecule has 0 saturated carbocycles. The van der Waals surface area contributed by atoms with E-state index in [0.717, 1.165) is 25.1 Å². The molecule has 17 heavy (non-hydrogen) atoms. The predicted octanol–water partition coefficient (Wildman–Crippen LogP) is 2.31. The molecule has 1 amide bonds. The zero-order chi connectivity index (χ0) is 12.3. The summed E-state index contributed by atoms with van der Waals surface area (Å²) in [7, 11) is 1.63. The Morgan fingerprint density at radius 1 is 1.47 bits per heavy atom. The van der Waals surface area contributed by atoms with E-state index in [1.807, 2.05) is 4.90 Å². The first kappa shape index (κ1) is 12.1. The third kappa shape index (κ3) is 2.67. The highest BCUT2D eigenvalue weighted by atomic mass is 16.5. The summed E-state index contributed by atoms with van der Waals surface area (Å²) in [5, 5.41) is 0. The molecule has 1 aliphatic heterocycles. The Bertz CT molecular complexity index is 415. The number of carbonyl (C=O) groups is 1. The van der Waals surface area contributed by atoms with Gasteiger partial charge in [0.1, 0.15) is 0 Å². The normalized spacial score (nSPS) is 14.6. The SMILES string of the molecule is COCCC(=O)N1CCCc2cc(C)ccc21. The Morgan fingerprint density at radius 3 is 3.06 bits per heavy atom. The van der Waals surface area contributed by atoms with Gasteiger partial charge in [-0.15, -0.1) is 0 Å². The van der Waals surface area contributed by atoms with E-state index in [4.69, 9.17) is 4.74 Å². The lowest BCUT2D eigenvalue weighted by Crippen LogP contribution is -2.35. The monoisotopic (exact) mass is 233 g/mol. The summed E-state index contributed by atoms with van der Waals surface area (Å²) in [5.74, 6) is 0.164. The number of hydrogen-bond donors (Lipinski definition) is 0. The zero-order valence-corrected chi connectivity index (χ0v) is 10.5. The third-order valence-corrected chi connectivity index (χ3v) is 3.17. The van der Waals surface area contributed by atoms with Crippen molar-refractivity contribution in [2.24, 2.45) is 0 Å². The van der Waals surface area contributed by atoms with Crippen molar-refractivity contribution in [1.29, 1.82) is 0 Å². The Morgan fingerprint density at radius 2 is 2.29 bits per heavy atom. The van der Waals surface area contributed by atoms with Crippen molar-refractivity contribution in [1.82, 2.24) is 0 Å². The molecule has 0 atom stereocenters. The van der Waals surface area contributed by atoms with E-state index < -0.39 is 0 Å². The van der Waals surface area contributed by atoms with E-state index in [0.29, 0.717) is 13.0 Å². The minimum Gasteiger partial charge on any atom is -0.384 e. The van der Waals surface area contributed by atoms with Crippen LogP contribution >= 0.6 is 0 Å². The number of rotatable bonds is 3. The first-order valence-corrected chi connectivity index (χ1v) is 6.11. The number of ether oxygens (including phenoxy) is 1. The third-order valence-electron chi connectivity index (χ3n) is 3.17. The molecule has 0 aromatic heterocycles. The molecule has 0 radical (unpaired) electrons. The number of aryl methyl sites for hydroxylation is 2. The minimum absolute atomic E-state index is 0.164. The van der Waals surface area contributed by atoms with E-state index in [2.05, 4.69) is 25.1 Å². The highest BCUT2D eigenvalue weighted by Gasteiger charge is 2.21. The maximum Gasteiger partial charge on any atom is 0.229 e. The standard InChI is InChI=1S/C14H19NO2/c1-11-5-6-13-12(10-11)4-3-8-15(13)14(16)7-9-17-2/h5-6,10H,3-4,7-9H2,1-2H3. The van der Waals surface area contributed by atoms with Crippen LogP contribution < -0.4 is 4.90 Å². The highest BCUT2D eigenvalue weighted by molar-refractivity contribution is 5.94. The Kier molecular flexibility index (Phi) is 3.79. The molecule has 92 valence electrons. The van der Waals surface area contributed by atoms with Gasteiger partial charge in [0.15, 0.2) is 0 Å². The molecule has 3 heteroatoms. The number of methoxy groups -OCH3 is 1. The summed E-state index contributed by atoms with van der Waals surface area (Å²) in [4.78, 5) is 14.0. The van der Waals surface area contributed by atoms with E-state index in [-0.39, 0.29) is 5.91 Å². The first-order valence-electron chi connectivity index (χ1n) is 6.11. The number of nitrogens with zero attached hydrogens (tertiary/aromatic N) is 1. The number of hydrogen-bond acceptors (Lipinski definition) is 2. The topological polar surface area (TPSA) is 29.5 Å². The van der Waals surface area contributed by atoms with Crippen LogP contribution in [-0.4, -0.2) is 26.2 Å². The van der Waals surface area contributed by atoms with Crippen LogP contribution in [0.5, 0.6) is 0 Å². The molecule has 0 spiro atoms. The largest absolute Gasteiger partial charge is 0.384 e. The van der Waals surface area contributed by atoms with Crippen LogP contribution in [0.4, 0.5) is 5.69 Å². The van der Waals surface area contributed by atoms with Crippen LogP contribution in [-0.2, 0) is 16.0 Å². The molecule has 3 nitrogen and oxygen atoms in total. The minimum atomic E-state index is 0.164. The molecule has 1 aliphatic rings. The fraction of sp³-hybridized carbons (Fsp3) is 0.500. The van der Waals surface area contributed by atoms with Crippen LogP contribution in [0.25, 0.3) is 0 Å². The molecule has 0 N–H and O–H groups in total. The summed E-state index contributed by atoms with van der Waals surface area (Å²) in [6, 6.07) is 6.32. The lowest BCUT2D eigenvalue weighted by Gasteiger charge is -2.29. The predicted molar refractivity (Wildman–Crippen MR) is 68.3 cm³/mol. The molecule has 0 aliphatic carbocycles. The maximum absolute atomic E-state index is 12.1. The summed E-state index contributed by atoms with van der Waals surface area (Å²) in [6.45, 7) is 3.42. The van der Waals surface area contributed by atoms with Gasteiger partial charge in [-0.3, -0.25) is 4.79 Å². The van der Waals surface area contributed by atoms with Gasteiger partial charge in [-0.05, 0) is 31.4 Å². The molecule has 2 rings (SSSR count). The molecule has 0 unspecified atom stereocenters. The van der Waals surface area contributed by atoms with Crippen molar-refractivity contribution in [3.8, 4) is 0 Å². The van der Waals surface area contributed by atoms with Gasteiger partial charge in [-0.2, -0.15) is 0 Å². The van der Waals surface area contributed by atoms with E-state index >= 15 is 0 Å². The molecule has 0 fully saturated rings. The summed E-state index contributed by atoms with van der Waals surface area (Å²) >= 11 is 0. The number of anilines is 1. The van der Waals surface area contributed by atoms with Gasteiger partial charge in [0, 0.05) is 19.3 Å². The van der Waals surface area contributed by atoms with Gasteiger partial charge in [-0.25, -0.2) is 0 Å². The van der Waals surface area contributed by atoms with Gasteiger partial charge in [0.2, 0.25) is 5.91 Å². The summed E-state index contributed by atoms with van der Waals surface area (Å²) < 4.78 is 4.96. The van der Waals surface area contributed by atoms with Crippen LogP contribution in [0, 0.1) is 6.92 Å². The number of carbonyl (C=O) groups excluding carboxylic acids is 1. The molecular weight excluding hydrogens is 214 g/mol. The van der Waals surface area contributed by atoms with Crippen molar-refractivity contribution >= 4 is 11.6 Å². The molecule has 1 aromatic carbocycles. The van der Waals surface area contributed by atoms with E-state index in [1.54, 1.807) is 7.11 Å². The molecule has 0 bridgehead atoms. The fourth-order valence-corrected chi connectivity index (χ4v) is 2.31. The average Bonchev–Trinajstić information content (AvgIpc) is 2.34. The van der Waals surface area contributed by atoms with Gasteiger partial charge in [0.25, 0.3) is 0 Å². The van der Waals surface area contributed by atoms with Crippen molar-refractivity contribution < 1.29 is 9.53 Å². The van der Waals surface area contributed by atoms with E-state index in [1.165, 1.54) is 11.1 Å². The Balaban J connectivity index is 2.19. The van der Waals surface area contributed by atoms with Gasteiger partial charge >= 0.3 is 0 Å². The number of benzene rings is 1. The molecule has 1 aromatic rings. The van der Waals surface area contributed by atoms with Crippen LogP contribution in [0.1, 0.15) is 24.0 Å². The zero-order valence-electron chi connectivity index (χ0n) is 10.5. The second-order valence-electron chi connectivity index (χ2n) is 4.52. The van der Waals surface area contributed by atoms with Gasteiger partial charge < -0.3 is 9.64 Å². The number of amides is 1.